The third kappa shape index (κ3) is 4.95. The van der Waals surface area contributed by atoms with Gasteiger partial charge < -0.3 is 4.74 Å². The third-order valence-corrected chi connectivity index (χ3v) is 12.0. The minimum absolute atomic E-state index is 0.0220. The van der Waals surface area contributed by atoms with Crippen LogP contribution in [0.15, 0.2) is 54.1 Å². The summed E-state index contributed by atoms with van der Waals surface area (Å²) in [5.74, 6) is 5.24. The summed E-state index contributed by atoms with van der Waals surface area (Å²) >= 11 is 0. The Bertz CT molecular complexity index is 1040. The second kappa shape index (κ2) is 11.0. The fourth-order valence-corrected chi connectivity index (χ4v) is 9.71. The first kappa shape index (κ1) is 27.7. The molecule has 0 aliphatic heterocycles. The molecule has 38 heavy (non-hydrogen) atoms. The Labute approximate surface area is 232 Å². The molecule has 1 aromatic rings. The van der Waals surface area contributed by atoms with Gasteiger partial charge in [-0.25, -0.2) is 4.79 Å². The van der Waals surface area contributed by atoms with Crippen molar-refractivity contribution in [1.82, 2.24) is 0 Å². The van der Waals surface area contributed by atoms with E-state index in [-0.39, 0.29) is 17.5 Å². The average Bonchev–Trinajstić information content (AvgIpc) is 3.26. The Morgan fingerprint density at radius 3 is 2.47 bits per heavy atom. The van der Waals surface area contributed by atoms with Crippen LogP contribution in [-0.4, -0.2) is 12.1 Å². The van der Waals surface area contributed by atoms with Gasteiger partial charge in [-0.05, 0) is 116 Å². The van der Waals surface area contributed by atoms with Gasteiger partial charge in [0, 0.05) is 6.42 Å². The minimum atomic E-state index is -0.166. The molecule has 2 heteroatoms. The number of carbonyl (C=O) groups excluding carboxylic acids is 1. The first-order valence-electron chi connectivity index (χ1n) is 15.8. The molecule has 3 fully saturated rings. The molecule has 0 heterocycles. The highest BCUT2D eigenvalue weighted by Gasteiger charge is 2.59. The highest BCUT2D eigenvalue weighted by molar-refractivity contribution is 5.89. The smallest absolute Gasteiger partial charge is 0.338 e. The molecule has 9 atom stereocenters. The Hall–Kier alpha value is -1.83. The lowest BCUT2D eigenvalue weighted by atomic mass is 9.47. The predicted molar refractivity (Wildman–Crippen MR) is 158 cm³/mol. The first-order chi connectivity index (χ1) is 18.2. The van der Waals surface area contributed by atoms with Crippen molar-refractivity contribution in [2.75, 3.05) is 0 Å². The van der Waals surface area contributed by atoms with E-state index in [9.17, 15) is 4.79 Å². The van der Waals surface area contributed by atoms with Crippen LogP contribution in [0.25, 0.3) is 0 Å². The zero-order chi connectivity index (χ0) is 27.1. The zero-order valence-corrected chi connectivity index (χ0v) is 24.9. The van der Waals surface area contributed by atoms with Crippen molar-refractivity contribution in [2.45, 2.75) is 105 Å². The molecule has 4 aliphatic rings. The van der Waals surface area contributed by atoms with Gasteiger partial charge in [0.2, 0.25) is 0 Å². The Morgan fingerprint density at radius 1 is 1.00 bits per heavy atom. The standard InChI is InChI=1S/C36H52O2/c1-7-26(24(2)3)14-13-25(4)31-17-18-32-30-16-15-28-23-29(38-34(37)27-11-9-8-10-12-27)19-21-35(28,5)33(30)20-22-36(31,32)6/h8-15,24-26,29-33H,7,16-23H2,1-6H3/t25-,26-,29+,30+,31-,32+,33+,35+,36-/m1/s1. The van der Waals surface area contributed by atoms with Crippen LogP contribution in [0.4, 0.5) is 0 Å². The number of allylic oxidation sites excluding steroid dienone is 3. The molecule has 0 N–H and O–H groups in total. The summed E-state index contributed by atoms with van der Waals surface area (Å²) < 4.78 is 6.01. The molecule has 4 aliphatic carbocycles. The van der Waals surface area contributed by atoms with Crippen molar-refractivity contribution >= 4 is 5.97 Å². The van der Waals surface area contributed by atoms with Gasteiger partial charge in [0.1, 0.15) is 6.10 Å². The lowest BCUT2D eigenvalue weighted by Gasteiger charge is -2.58. The highest BCUT2D eigenvalue weighted by Crippen LogP contribution is 2.67. The molecule has 0 aromatic heterocycles. The van der Waals surface area contributed by atoms with Crippen molar-refractivity contribution in [3.63, 3.8) is 0 Å². The van der Waals surface area contributed by atoms with Crippen molar-refractivity contribution in [3.8, 4) is 0 Å². The van der Waals surface area contributed by atoms with E-state index < -0.39 is 0 Å². The Balaban J connectivity index is 1.27. The molecule has 1 aromatic carbocycles. The fourth-order valence-electron chi connectivity index (χ4n) is 9.71. The van der Waals surface area contributed by atoms with E-state index in [1.165, 1.54) is 38.5 Å². The second-order valence-electron chi connectivity index (χ2n) is 14.2. The molecule has 5 rings (SSSR count). The maximum absolute atomic E-state index is 12.7. The molecule has 0 amide bonds. The van der Waals surface area contributed by atoms with Crippen LogP contribution in [0, 0.1) is 52.3 Å². The Kier molecular flexibility index (Phi) is 8.01. The summed E-state index contributed by atoms with van der Waals surface area (Å²) in [6.07, 6.45) is 18.9. The number of ether oxygens (including phenoxy) is 1. The molecule has 208 valence electrons. The normalized spacial score (nSPS) is 38.2. The number of hydrogen-bond acceptors (Lipinski definition) is 2. The summed E-state index contributed by atoms with van der Waals surface area (Å²) in [6, 6.07) is 9.48. The average molecular weight is 517 g/mol. The van der Waals surface area contributed by atoms with Gasteiger partial charge in [-0.15, -0.1) is 0 Å². The van der Waals surface area contributed by atoms with Crippen LogP contribution < -0.4 is 0 Å². The lowest BCUT2D eigenvalue weighted by molar-refractivity contribution is -0.0565. The van der Waals surface area contributed by atoms with Gasteiger partial charge in [0.25, 0.3) is 0 Å². The zero-order valence-electron chi connectivity index (χ0n) is 24.9. The van der Waals surface area contributed by atoms with Crippen molar-refractivity contribution in [3.05, 3.63) is 59.7 Å². The molecule has 0 spiro atoms. The number of carbonyl (C=O) groups is 1. The largest absolute Gasteiger partial charge is 0.458 e. The van der Waals surface area contributed by atoms with Crippen LogP contribution in [-0.2, 0) is 4.74 Å². The summed E-state index contributed by atoms with van der Waals surface area (Å²) in [4.78, 5) is 12.7. The molecular formula is C36H52O2. The number of rotatable bonds is 7. The van der Waals surface area contributed by atoms with E-state index in [0.29, 0.717) is 22.8 Å². The quantitative estimate of drug-likeness (QED) is 0.266. The fraction of sp³-hybridized carbons (Fsp3) is 0.694. The van der Waals surface area contributed by atoms with Gasteiger partial charge in [0.15, 0.2) is 0 Å². The molecule has 2 nitrogen and oxygen atoms in total. The number of hydrogen-bond donors (Lipinski definition) is 0. The number of fused-ring (bicyclic) bond motifs is 5. The third-order valence-electron chi connectivity index (χ3n) is 12.0. The molecule has 0 saturated heterocycles. The maximum atomic E-state index is 12.7. The number of benzene rings is 1. The molecule has 0 bridgehead atoms. The van der Waals surface area contributed by atoms with Crippen molar-refractivity contribution < 1.29 is 9.53 Å². The second-order valence-corrected chi connectivity index (χ2v) is 14.2. The summed E-state index contributed by atoms with van der Waals surface area (Å²) in [7, 11) is 0. The van der Waals surface area contributed by atoms with E-state index in [1.54, 1.807) is 5.57 Å². The highest BCUT2D eigenvalue weighted by atomic mass is 16.5. The van der Waals surface area contributed by atoms with Gasteiger partial charge >= 0.3 is 5.97 Å². The molecule has 0 radical (unpaired) electrons. The lowest BCUT2D eigenvalue weighted by Crippen LogP contribution is -2.51. The molecule has 3 saturated carbocycles. The van der Waals surface area contributed by atoms with Crippen LogP contribution in [0.2, 0.25) is 0 Å². The predicted octanol–water partition coefficient (Wildman–Crippen LogP) is 9.67. The number of esters is 1. The van der Waals surface area contributed by atoms with Gasteiger partial charge in [-0.2, -0.15) is 0 Å². The van der Waals surface area contributed by atoms with Gasteiger partial charge in [0.05, 0.1) is 5.56 Å². The molecular weight excluding hydrogens is 464 g/mol. The summed E-state index contributed by atoms with van der Waals surface area (Å²) in [5.41, 5.74) is 3.02. The minimum Gasteiger partial charge on any atom is -0.458 e. The van der Waals surface area contributed by atoms with E-state index >= 15 is 0 Å². The Morgan fingerprint density at radius 2 is 1.76 bits per heavy atom. The van der Waals surface area contributed by atoms with E-state index in [0.717, 1.165) is 48.9 Å². The van der Waals surface area contributed by atoms with Crippen LogP contribution in [0.1, 0.15) is 110 Å². The van der Waals surface area contributed by atoms with Crippen molar-refractivity contribution in [1.29, 1.82) is 0 Å². The molecule has 0 unspecified atom stereocenters. The summed E-state index contributed by atoms with van der Waals surface area (Å²) in [5, 5.41) is 0. The van der Waals surface area contributed by atoms with Crippen LogP contribution >= 0.6 is 0 Å². The summed E-state index contributed by atoms with van der Waals surface area (Å²) in [6.45, 7) is 14.8. The van der Waals surface area contributed by atoms with Gasteiger partial charge in [-0.3, -0.25) is 0 Å². The van der Waals surface area contributed by atoms with E-state index in [1.807, 2.05) is 30.3 Å². The van der Waals surface area contributed by atoms with Crippen LogP contribution in [0.5, 0.6) is 0 Å². The monoisotopic (exact) mass is 516 g/mol. The topological polar surface area (TPSA) is 26.3 Å². The van der Waals surface area contributed by atoms with Crippen molar-refractivity contribution in [2.24, 2.45) is 52.3 Å². The first-order valence-corrected chi connectivity index (χ1v) is 15.8. The maximum Gasteiger partial charge on any atom is 0.338 e. The van der Waals surface area contributed by atoms with Crippen LogP contribution in [0.3, 0.4) is 0 Å². The van der Waals surface area contributed by atoms with E-state index in [4.69, 9.17) is 4.74 Å². The van der Waals surface area contributed by atoms with Gasteiger partial charge in [-0.1, -0.05) is 83.5 Å². The SMILES string of the molecule is CC[C@H](C=C[C@@H](C)[C@H]1CC[C@H]2[C@@H]3CC=C4C[C@@H](OC(=O)c5ccccc5)CC[C@]4(C)[C@H]3CC[C@]12C)C(C)C. The van der Waals surface area contributed by atoms with E-state index in [2.05, 4.69) is 59.8 Å².